The minimum Gasteiger partial charge on any atom is -0.468 e. The predicted molar refractivity (Wildman–Crippen MR) is 40.9 cm³/mol. The van der Waals surface area contributed by atoms with Crippen molar-refractivity contribution in [1.29, 1.82) is 0 Å². The highest BCUT2D eigenvalue weighted by molar-refractivity contribution is 5.83. The fraction of sp³-hybridized carbons (Fsp3) is 0.111. The van der Waals surface area contributed by atoms with E-state index >= 15 is 0 Å². The van der Waals surface area contributed by atoms with E-state index in [1.807, 2.05) is 6.92 Å². The highest BCUT2D eigenvalue weighted by atomic mass is 19.1. The fourth-order valence-electron chi connectivity index (χ4n) is 1.17. The lowest BCUT2D eigenvalue weighted by Crippen LogP contribution is -1.71. The molecule has 2 heteroatoms. The largest absolute Gasteiger partial charge is 0.468 e. The van der Waals surface area contributed by atoms with Gasteiger partial charge in [-0.1, -0.05) is 0 Å². The normalized spacial score (nSPS) is 10.7. The number of fused-ring (bicyclic) bond motifs is 1. The van der Waals surface area contributed by atoms with E-state index in [0.29, 0.717) is 0 Å². The minimum atomic E-state index is -0.224. The summed E-state index contributed by atoms with van der Waals surface area (Å²) in [7, 11) is 0. The summed E-state index contributed by atoms with van der Waals surface area (Å²) in [4.78, 5) is 0. The smallest absolute Gasteiger partial charge is 0.123 e. The van der Waals surface area contributed by atoms with Gasteiger partial charge in [0.2, 0.25) is 0 Å². The van der Waals surface area contributed by atoms with Crippen molar-refractivity contribution in [2.24, 2.45) is 0 Å². The zero-order chi connectivity index (χ0) is 7.84. The van der Waals surface area contributed by atoms with Crippen molar-refractivity contribution in [2.75, 3.05) is 0 Å². The van der Waals surface area contributed by atoms with E-state index < -0.39 is 0 Å². The molecule has 0 bridgehead atoms. The summed E-state index contributed by atoms with van der Waals surface area (Å²) in [5.74, 6) is 0.610. The number of hydrogen-bond acceptors (Lipinski definition) is 1. The van der Waals surface area contributed by atoms with E-state index in [9.17, 15) is 4.39 Å². The summed E-state index contributed by atoms with van der Waals surface area (Å²) in [6.07, 6.45) is 1.56. The van der Waals surface area contributed by atoms with E-state index in [0.717, 1.165) is 16.5 Å². The van der Waals surface area contributed by atoms with Gasteiger partial charge < -0.3 is 4.42 Å². The van der Waals surface area contributed by atoms with Crippen molar-refractivity contribution in [3.8, 4) is 0 Å². The molecule has 1 heterocycles. The van der Waals surface area contributed by atoms with Crippen molar-refractivity contribution in [2.45, 2.75) is 6.92 Å². The first-order valence-corrected chi connectivity index (χ1v) is 3.41. The number of furan rings is 1. The zero-order valence-electron chi connectivity index (χ0n) is 6.10. The van der Waals surface area contributed by atoms with Gasteiger partial charge >= 0.3 is 0 Å². The molecule has 0 aliphatic carbocycles. The van der Waals surface area contributed by atoms with Crippen LogP contribution in [0, 0.1) is 12.7 Å². The second-order valence-corrected chi connectivity index (χ2v) is 2.52. The Morgan fingerprint density at radius 2 is 2.18 bits per heavy atom. The van der Waals surface area contributed by atoms with E-state index in [1.165, 1.54) is 12.1 Å². The first-order chi connectivity index (χ1) is 5.27. The highest BCUT2D eigenvalue weighted by Crippen LogP contribution is 2.20. The van der Waals surface area contributed by atoms with Crippen LogP contribution < -0.4 is 0 Å². The van der Waals surface area contributed by atoms with Crippen molar-refractivity contribution < 1.29 is 8.81 Å². The number of aryl methyl sites for hydroxylation is 1. The van der Waals surface area contributed by atoms with Crippen LogP contribution in [-0.2, 0) is 0 Å². The first kappa shape index (κ1) is 6.40. The van der Waals surface area contributed by atoms with Crippen molar-refractivity contribution in [3.63, 3.8) is 0 Å². The lowest BCUT2D eigenvalue weighted by molar-refractivity contribution is 0.539. The number of hydrogen-bond donors (Lipinski definition) is 0. The molecule has 0 saturated carbocycles. The van der Waals surface area contributed by atoms with Gasteiger partial charge in [0.1, 0.15) is 11.6 Å². The van der Waals surface area contributed by atoms with Crippen LogP contribution in [0.15, 0.2) is 28.9 Å². The van der Waals surface area contributed by atoms with Crippen LogP contribution in [0.25, 0.3) is 10.8 Å². The summed E-state index contributed by atoms with van der Waals surface area (Å²) in [6, 6.07) is 4.63. The first-order valence-electron chi connectivity index (χ1n) is 3.41. The Bertz CT molecular complexity index is 389. The molecule has 0 spiro atoms. The van der Waals surface area contributed by atoms with Crippen molar-refractivity contribution in [3.05, 3.63) is 36.0 Å². The van der Waals surface area contributed by atoms with Gasteiger partial charge in [-0.25, -0.2) is 4.39 Å². The summed E-state index contributed by atoms with van der Waals surface area (Å²) in [6.45, 7) is 1.86. The average molecular weight is 150 g/mol. The zero-order valence-corrected chi connectivity index (χ0v) is 6.10. The predicted octanol–water partition coefficient (Wildman–Crippen LogP) is 2.88. The molecule has 0 radical (unpaired) electrons. The lowest BCUT2D eigenvalue weighted by atomic mass is 10.2. The number of rotatable bonds is 0. The van der Waals surface area contributed by atoms with Gasteiger partial charge in [0.15, 0.2) is 0 Å². The van der Waals surface area contributed by atoms with Gasteiger partial charge in [0.25, 0.3) is 0 Å². The Hall–Kier alpha value is -1.31. The molecular weight excluding hydrogens is 143 g/mol. The number of benzene rings is 1. The van der Waals surface area contributed by atoms with E-state index in [4.69, 9.17) is 4.42 Å². The lowest BCUT2D eigenvalue weighted by Gasteiger charge is -1.88. The van der Waals surface area contributed by atoms with Crippen LogP contribution in [0.1, 0.15) is 5.76 Å². The van der Waals surface area contributed by atoms with E-state index in [2.05, 4.69) is 0 Å². The Labute approximate surface area is 63.4 Å². The molecule has 56 valence electrons. The van der Waals surface area contributed by atoms with Gasteiger partial charge in [-0.15, -0.1) is 0 Å². The molecule has 0 amide bonds. The minimum absolute atomic E-state index is 0.224. The molecule has 1 aromatic carbocycles. The Morgan fingerprint density at radius 1 is 1.36 bits per heavy atom. The van der Waals surface area contributed by atoms with Crippen molar-refractivity contribution in [1.82, 2.24) is 0 Å². The molecule has 1 nitrogen and oxygen atoms in total. The standard InChI is InChI=1S/C9H7FO/c1-6-9-3-2-8(10)4-7(9)5-11-6/h2-5H,1H3. The Balaban J connectivity index is 2.86. The molecule has 0 aliphatic rings. The fourth-order valence-corrected chi connectivity index (χ4v) is 1.17. The molecular formula is C9H7FO. The van der Waals surface area contributed by atoms with E-state index in [-0.39, 0.29) is 5.82 Å². The molecule has 1 aromatic heterocycles. The van der Waals surface area contributed by atoms with Crippen LogP contribution in [0.5, 0.6) is 0 Å². The second kappa shape index (κ2) is 2.09. The maximum atomic E-state index is 12.6. The molecule has 2 rings (SSSR count). The number of halogens is 1. The third-order valence-electron chi connectivity index (χ3n) is 1.76. The molecule has 0 atom stereocenters. The topological polar surface area (TPSA) is 13.1 Å². The highest BCUT2D eigenvalue weighted by Gasteiger charge is 2.00. The van der Waals surface area contributed by atoms with Crippen LogP contribution >= 0.6 is 0 Å². The molecule has 2 aromatic rings. The maximum Gasteiger partial charge on any atom is 0.123 e. The monoisotopic (exact) mass is 150 g/mol. The molecule has 0 unspecified atom stereocenters. The molecule has 11 heavy (non-hydrogen) atoms. The van der Waals surface area contributed by atoms with Gasteiger partial charge in [-0.2, -0.15) is 0 Å². The second-order valence-electron chi connectivity index (χ2n) is 2.52. The Kier molecular flexibility index (Phi) is 1.22. The third kappa shape index (κ3) is 0.909. The SMILES string of the molecule is Cc1occ2cc(F)ccc12. The van der Waals surface area contributed by atoms with Gasteiger partial charge in [0, 0.05) is 10.8 Å². The Morgan fingerprint density at radius 3 is 3.00 bits per heavy atom. The van der Waals surface area contributed by atoms with Gasteiger partial charge in [-0.05, 0) is 25.1 Å². The van der Waals surface area contributed by atoms with Gasteiger partial charge in [-0.3, -0.25) is 0 Å². The van der Waals surface area contributed by atoms with Crippen LogP contribution in [0.2, 0.25) is 0 Å². The molecule has 0 saturated heterocycles. The molecule has 0 N–H and O–H groups in total. The summed E-state index contributed by atoms with van der Waals surface area (Å²) >= 11 is 0. The van der Waals surface area contributed by atoms with E-state index in [1.54, 1.807) is 12.3 Å². The van der Waals surface area contributed by atoms with Crippen LogP contribution in [0.3, 0.4) is 0 Å². The average Bonchev–Trinajstić information content (AvgIpc) is 2.32. The van der Waals surface area contributed by atoms with Crippen LogP contribution in [0.4, 0.5) is 4.39 Å². The summed E-state index contributed by atoms with van der Waals surface area (Å²) in [5.41, 5.74) is 0. The maximum absolute atomic E-state index is 12.6. The van der Waals surface area contributed by atoms with Crippen molar-refractivity contribution >= 4 is 10.8 Å². The summed E-state index contributed by atoms with van der Waals surface area (Å²) < 4.78 is 17.7. The van der Waals surface area contributed by atoms with Crippen LogP contribution in [-0.4, -0.2) is 0 Å². The third-order valence-corrected chi connectivity index (χ3v) is 1.76. The quantitative estimate of drug-likeness (QED) is 0.562. The molecule has 0 aliphatic heterocycles. The summed E-state index contributed by atoms with van der Waals surface area (Å²) in [5, 5.41) is 1.80. The van der Waals surface area contributed by atoms with Gasteiger partial charge in [0.05, 0.1) is 6.26 Å². The molecule has 0 fully saturated rings.